The molecule has 0 rings (SSSR count). The Labute approximate surface area is 97.0 Å². The van der Waals surface area contributed by atoms with Crippen molar-refractivity contribution in [2.75, 3.05) is 24.5 Å². The maximum Gasteiger partial charge on any atom is 0.226 e. The molecule has 6 nitrogen and oxygen atoms in total. The lowest BCUT2D eigenvalue weighted by Gasteiger charge is -2.14. The van der Waals surface area contributed by atoms with Crippen molar-refractivity contribution in [3.63, 3.8) is 0 Å². The maximum absolute atomic E-state index is 11.3. The van der Waals surface area contributed by atoms with Gasteiger partial charge in [-0.25, -0.2) is 21.6 Å². The van der Waals surface area contributed by atoms with Crippen LogP contribution in [0.15, 0.2) is 0 Å². The molecule has 0 aromatic heterocycles. The monoisotopic (exact) mass is 273 g/mol. The van der Waals surface area contributed by atoms with E-state index in [0.29, 0.717) is 6.42 Å². The lowest BCUT2D eigenvalue weighted by molar-refractivity contribution is 0.254. The van der Waals surface area contributed by atoms with Crippen LogP contribution >= 0.6 is 0 Å². The van der Waals surface area contributed by atoms with Gasteiger partial charge < -0.3 is 5.11 Å². The van der Waals surface area contributed by atoms with Crippen molar-refractivity contribution in [1.82, 2.24) is 4.72 Å². The van der Waals surface area contributed by atoms with Crippen LogP contribution in [0.5, 0.6) is 0 Å². The molecule has 0 saturated heterocycles. The molecule has 0 aliphatic carbocycles. The van der Waals surface area contributed by atoms with Crippen molar-refractivity contribution >= 4 is 19.9 Å². The van der Waals surface area contributed by atoms with Crippen molar-refractivity contribution in [2.45, 2.75) is 19.8 Å². The van der Waals surface area contributed by atoms with Crippen molar-refractivity contribution in [1.29, 1.82) is 0 Å². The summed E-state index contributed by atoms with van der Waals surface area (Å²) in [7, 11) is -7.33. The van der Waals surface area contributed by atoms with Gasteiger partial charge in [0.15, 0.2) is 14.9 Å². The van der Waals surface area contributed by atoms with Crippen LogP contribution < -0.4 is 4.72 Å². The second-order valence-corrected chi connectivity index (χ2v) is 8.11. The van der Waals surface area contributed by atoms with Gasteiger partial charge in [0.1, 0.15) is 0 Å². The molecule has 98 valence electrons. The van der Waals surface area contributed by atoms with E-state index in [1.807, 2.05) is 6.92 Å². The van der Waals surface area contributed by atoms with Gasteiger partial charge in [-0.2, -0.15) is 0 Å². The molecule has 8 heteroatoms. The van der Waals surface area contributed by atoms with E-state index in [-0.39, 0.29) is 19.1 Å². The van der Waals surface area contributed by atoms with E-state index in [2.05, 4.69) is 4.72 Å². The van der Waals surface area contributed by atoms with E-state index >= 15 is 0 Å². The van der Waals surface area contributed by atoms with Gasteiger partial charge in [0, 0.05) is 19.4 Å². The van der Waals surface area contributed by atoms with Crippen LogP contribution in [0.25, 0.3) is 0 Å². The van der Waals surface area contributed by atoms with E-state index < -0.39 is 24.9 Å². The van der Waals surface area contributed by atoms with Gasteiger partial charge >= 0.3 is 0 Å². The molecule has 0 radical (unpaired) electrons. The highest BCUT2D eigenvalue weighted by atomic mass is 32.3. The molecule has 0 saturated carbocycles. The normalized spacial score (nSPS) is 14.9. The molecule has 0 aliphatic rings. The number of aliphatic hydroxyl groups is 1. The zero-order valence-electron chi connectivity index (χ0n) is 9.51. The van der Waals surface area contributed by atoms with Crippen LogP contribution in [-0.4, -0.2) is 46.4 Å². The number of nitrogens with one attached hydrogen (secondary N) is 1. The fourth-order valence-electron chi connectivity index (χ4n) is 1.20. The first-order chi connectivity index (χ1) is 7.20. The van der Waals surface area contributed by atoms with Crippen LogP contribution in [0.4, 0.5) is 0 Å². The summed E-state index contributed by atoms with van der Waals surface area (Å²) < 4.78 is 46.5. The fraction of sp³-hybridized carbons (Fsp3) is 1.00. The molecule has 16 heavy (non-hydrogen) atoms. The van der Waals surface area contributed by atoms with Crippen molar-refractivity contribution < 1.29 is 21.9 Å². The zero-order chi connectivity index (χ0) is 12.8. The third kappa shape index (κ3) is 8.03. The van der Waals surface area contributed by atoms with Crippen LogP contribution in [-0.2, 0) is 19.9 Å². The SMILES string of the molecule is CCC(CCO)CNS(=O)(=O)CS(C)(=O)=O. The van der Waals surface area contributed by atoms with Gasteiger partial charge in [0.25, 0.3) is 0 Å². The van der Waals surface area contributed by atoms with E-state index in [0.717, 1.165) is 12.7 Å². The van der Waals surface area contributed by atoms with Gasteiger partial charge in [0.2, 0.25) is 10.0 Å². The topological polar surface area (TPSA) is 101 Å². The molecular weight excluding hydrogens is 254 g/mol. The first kappa shape index (κ1) is 15.8. The Bertz CT molecular complexity index is 387. The maximum atomic E-state index is 11.3. The average Bonchev–Trinajstić information content (AvgIpc) is 2.08. The van der Waals surface area contributed by atoms with Crippen molar-refractivity contribution in [2.24, 2.45) is 5.92 Å². The average molecular weight is 273 g/mol. The highest BCUT2D eigenvalue weighted by molar-refractivity contribution is 8.06. The summed E-state index contributed by atoms with van der Waals surface area (Å²) in [6.45, 7) is 2.03. The first-order valence-electron chi connectivity index (χ1n) is 4.96. The van der Waals surface area contributed by atoms with Crippen LogP contribution in [0.2, 0.25) is 0 Å². The van der Waals surface area contributed by atoms with E-state index in [1.54, 1.807) is 0 Å². The lowest BCUT2D eigenvalue weighted by atomic mass is 10.0. The number of aliphatic hydroxyl groups excluding tert-OH is 1. The predicted octanol–water partition coefficient (Wildman–Crippen LogP) is -0.683. The Kier molecular flexibility index (Phi) is 6.46. The first-order valence-corrected chi connectivity index (χ1v) is 8.67. The third-order valence-electron chi connectivity index (χ3n) is 2.08. The minimum absolute atomic E-state index is 0.00763. The Morgan fingerprint density at radius 2 is 1.81 bits per heavy atom. The minimum atomic E-state index is -3.78. The van der Waals surface area contributed by atoms with Crippen LogP contribution in [0, 0.1) is 5.92 Å². The Morgan fingerprint density at radius 3 is 2.19 bits per heavy atom. The van der Waals surface area contributed by atoms with Gasteiger partial charge in [-0.3, -0.25) is 0 Å². The number of sulfonamides is 1. The number of hydrogen-bond donors (Lipinski definition) is 2. The highest BCUT2D eigenvalue weighted by Gasteiger charge is 2.19. The smallest absolute Gasteiger partial charge is 0.226 e. The van der Waals surface area contributed by atoms with Crippen LogP contribution in [0.3, 0.4) is 0 Å². The summed E-state index contributed by atoms with van der Waals surface area (Å²) in [6.07, 6.45) is 2.09. The molecule has 0 aromatic rings. The van der Waals surface area contributed by atoms with E-state index in [1.165, 1.54) is 0 Å². The molecule has 0 fully saturated rings. The second-order valence-electron chi connectivity index (χ2n) is 3.79. The second kappa shape index (κ2) is 6.53. The fourth-order valence-corrected chi connectivity index (χ4v) is 4.28. The Hall–Kier alpha value is -0.180. The van der Waals surface area contributed by atoms with Crippen molar-refractivity contribution in [3.05, 3.63) is 0 Å². The zero-order valence-corrected chi connectivity index (χ0v) is 11.1. The minimum Gasteiger partial charge on any atom is -0.396 e. The number of hydrogen-bond acceptors (Lipinski definition) is 5. The number of sulfone groups is 1. The molecule has 0 amide bonds. The van der Waals surface area contributed by atoms with E-state index in [9.17, 15) is 16.8 Å². The number of rotatable bonds is 8. The molecule has 0 heterocycles. The molecule has 1 unspecified atom stereocenters. The van der Waals surface area contributed by atoms with Gasteiger partial charge in [-0.15, -0.1) is 0 Å². The summed E-state index contributed by atoms with van der Waals surface area (Å²) in [5.41, 5.74) is 0. The molecule has 0 spiro atoms. The Morgan fingerprint density at radius 1 is 1.25 bits per heavy atom. The van der Waals surface area contributed by atoms with Gasteiger partial charge in [-0.1, -0.05) is 13.3 Å². The molecule has 0 bridgehead atoms. The highest BCUT2D eigenvalue weighted by Crippen LogP contribution is 2.06. The third-order valence-corrected chi connectivity index (χ3v) is 5.64. The summed E-state index contributed by atoms with van der Waals surface area (Å²) in [5.74, 6) is 0.0272. The van der Waals surface area contributed by atoms with Gasteiger partial charge in [-0.05, 0) is 12.3 Å². The molecular formula is C8H19NO5S2. The molecule has 1 atom stereocenters. The van der Waals surface area contributed by atoms with E-state index in [4.69, 9.17) is 5.11 Å². The Balaban J connectivity index is 4.28. The molecule has 2 N–H and O–H groups in total. The predicted molar refractivity (Wildman–Crippen MR) is 62.1 cm³/mol. The van der Waals surface area contributed by atoms with Crippen LogP contribution in [0.1, 0.15) is 19.8 Å². The summed E-state index contributed by atoms with van der Waals surface area (Å²) in [4.78, 5) is 0. The quantitative estimate of drug-likeness (QED) is 0.610. The summed E-state index contributed by atoms with van der Waals surface area (Å²) in [6, 6.07) is 0. The molecule has 0 aliphatic heterocycles. The largest absolute Gasteiger partial charge is 0.396 e. The standard InChI is InChI=1S/C8H19NO5S2/c1-3-8(4-5-10)6-9-16(13,14)7-15(2,11)12/h8-10H,3-7H2,1-2H3. The summed E-state index contributed by atoms with van der Waals surface area (Å²) >= 11 is 0. The molecule has 0 aromatic carbocycles. The van der Waals surface area contributed by atoms with Gasteiger partial charge in [0.05, 0.1) is 0 Å². The summed E-state index contributed by atoms with van der Waals surface area (Å²) in [5, 5.41) is 7.82. The lowest BCUT2D eigenvalue weighted by Crippen LogP contribution is -2.33. The van der Waals surface area contributed by atoms with Crippen molar-refractivity contribution in [3.8, 4) is 0 Å².